The van der Waals surface area contributed by atoms with Gasteiger partial charge in [-0.25, -0.2) is 12.7 Å². The summed E-state index contributed by atoms with van der Waals surface area (Å²) in [6.45, 7) is 4.97. The van der Waals surface area contributed by atoms with Gasteiger partial charge >= 0.3 is 0 Å². The Bertz CT molecular complexity index is 652. The molecule has 140 valence electrons. The number of amides is 1. The zero-order valence-electron chi connectivity index (χ0n) is 14.7. The minimum Gasteiger partial charge on any atom is -0.494 e. The highest BCUT2D eigenvalue weighted by Crippen LogP contribution is 2.18. The number of nitrogens with zero attached hydrogens (tertiary/aromatic N) is 1. The summed E-state index contributed by atoms with van der Waals surface area (Å²) >= 11 is 0. The highest BCUT2D eigenvalue weighted by atomic mass is 32.2. The summed E-state index contributed by atoms with van der Waals surface area (Å²) in [6.07, 6.45) is 1.24. The van der Waals surface area contributed by atoms with Crippen LogP contribution in [0.3, 0.4) is 0 Å². The monoisotopic (exact) mass is 370 g/mol. The van der Waals surface area contributed by atoms with Crippen molar-refractivity contribution in [3.63, 3.8) is 0 Å². The van der Waals surface area contributed by atoms with Crippen molar-refractivity contribution in [2.75, 3.05) is 32.1 Å². The van der Waals surface area contributed by atoms with Gasteiger partial charge in [-0.2, -0.15) is 0 Å². The van der Waals surface area contributed by atoms with Gasteiger partial charge in [0.25, 0.3) is 5.91 Å². The van der Waals surface area contributed by atoms with Gasteiger partial charge in [0, 0.05) is 19.1 Å². The van der Waals surface area contributed by atoms with Gasteiger partial charge < -0.3 is 14.8 Å². The lowest BCUT2D eigenvalue weighted by molar-refractivity contribution is -0.124. The molecule has 1 N–H and O–H groups in total. The third kappa shape index (κ3) is 5.89. The first kappa shape index (κ1) is 19.5. The van der Waals surface area contributed by atoms with Crippen LogP contribution in [0.2, 0.25) is 0 Å². The second-order valence-corrected chi connectivity index (χ2v) is 8.09. The molecule has 0 radical (unpaired) electrons. The summed E-state index contributed by atoms with van der Waals surface area (Å²) in [4.78, 5) is 12.0. The van der Waals surface area contributed by atoms with Gasteiger partial charge in [-0.3, -0.25) is 4.79 Å². The number of carbonyl (C=O) groups is 1. The lowest BCUT2D eigenvalue weighted by Crippen LogP contribution is -2.47. The van der Waals surface area contributed by atoms with Crippen LogP contribution in [0.4, 0.5) is 0 Å². The zero-order chi connectivity index (χ0) is 18.3. The third-order valence-corrected chi connectivity index (χ3v) is 5.96. The SMILES string of the molecule is CCOc1ccc(OCC(=O)NC2CCN(S(=O)(=O)CC)CC2)cc1. The van der Waals surface area contributed by atoms with Crippen LogP contribution in [-0.2, 0) is 14.8 Å². The molecule has 0 aromatic heterocycles. The number of sulfonamides is 1. The fourth-order valence-electron chi connectivity index (χ4n) is 2.68. The van der Waals surface area contributed by atoms with E-state index in [0.29, 0.717) is 38.3 Å². The summed E-state index contributed by atoms with van der Waals surface area (Å²) in [5.74, 6) is 1.26. The van der Waals surface area contributed by atoms with Crippen LogP contribution in [0.1, 0.15) is 26.7 Å². The standard InChI is InChI=1S/C17H26N2O5S/c1-3-23-15-5-7-16(8-6-15)24-13-17(20)18-14-9-11-19(12-10-14)25(21,22)4-2/h5-8,14H,3-4,9-13H2,1-2H3,(H,18,20). The van der Waals surface area contributed by atoms with Crippen LogP contribution in [0, 0.1) is 0 Å². The maximum absolute atomic E-state index is 12.0. The molecule has 0 bridgehead atoms. The van der Waals surface area contributed by atoms with E-state index < -0.39 is 10.0 Å². The molecule has 1 aliphatic rings. The molecule has 0 spiro atoms. The highest BCUT2D eigenvalue weighted by molar-refractivity contribution is 7.89. The fourth-order valence-corrected chi connectivity index (χ4v) is 3.81. The summed E-state index contributed by atoms with van der Waals surface area (Å²) < 4.78 is 35.9. The third-order valence-electron chi connectivity index (χ3n) is 4.08. The van der Waals surface area contributed by atoms with Crippen molar-refractivity contribution in [2.45, 2.75) is 32.7 Å². The Morgan fingerprint density at radius 1 is 1.12 bits per heavy atom. The van der Waals surface area contributed by atoms with Crippen LogP contribution in [0.15, 0.2) is 24.3 Å². The second-order valence-electron chi connectivity index (χ2n) is 5.83. The number of hydrogen-bond donors (Lipinski definition) is 1. The first-order chi connectivity index (χ1) is 11.9. The highest BCUT2D eigenvalue weighted by Gasteiger charge is 2.27. The molecule has 1 saturated heterocycles. The summed E-state index contributed by atoms with van der Waals surface area (Å²) in [6, 6.07) is 7.08. The maximum Gasteiger partial charge on any atom is 0.258 e. The number of ether oxygens (including phenoxy) is 2. The molecule has 25 heavy (non-hydrogen) atoms. The normalized spacial score (nSPS) is 16.4. The first-order valence-electron chi connectivity index (χ1n) is 8.57. The number of hydrogen-bond acceptors (Lipinski definition) is 5. The van der Waals surface area contributed by atoms with Crippen molar-refractivity contribution in [2.24, 2.45) is 0 Å². The topological polar surface area (TPSA) is 84.9 Å². The Kier molecular flexibility index (Phi) is 7.07. The predicted octanol–water partition coefficient (Wildman–Crippen LogP) is 1.39. The van der Waals surface area contributed by atoms with Crippen molar-refractivity contribution in [1.82, 2.24) is 9.62 Å². The van der Waals surface area contributed by atoms with Crippen molar-refractivity contribution in [3.05, 3.63) is 24.3 Å². The summed E-state index contributed by atoms with van der Waals surface area (Å²) in [5, 5.41) is 2.90. The van der Waals surface area contributed by atoms with Gasteiger partial charge in [-0.1, -0.05) is 0 Å². The molecular weight excluding hydrogens is 344 g/mol. The van der Waals surface area contributed by atoms with E-state index in [4.69, 9.17) is 9.47 Å². The average molecular weight is 370 g/mol. The van der Waals surface area contributed by atoms with E-state index in [1.54, 1.807) is 31.2 Å². The lowest BCUT2D eigenvalue weighted by atomic mass is 10.1. The Balaban J connectivity index is 1.72. The number of carbonyl (C=O) groups excluding carboxylic acids is 1. The van der Waals surface area contributed by atoms with Crippen LogP contribution in [0.25, 0.3) is 0 Å². The van der Waals surface area contributed by atoms with E-state index >= 15 is 0 Å². The van der Waals surface area contributed by atoms with E-state index in [9.17, 15) is 13.2 Å². The molecule has 1 fully saturated rings. The van der Waals surface area contributed by atoms with E-state index in [1.165, 1.54) is 4.31 Å². The van der Waals surface area contributed by atoms with Gasteiger partial charge in [-0.05, 0) is 51.0 Å². The minimum atomic E-state index is -3.14. The van der Waals surface area contributed by atoms with Gasteiger partial charge in [0.15, 0.2) is 6.61 Å². The Labute approximate surface area is 149 Å². The molecule has 0 saturated carbocycles. The van der Waals surface area contributed by atoms with Gasteiger partial charge in [0.1, 0.15) is 11.5 Å². The molecule has 0 aliphatic carbocycles. The molecule has 1 heterocycles. The zero-order valence-corrected chi connectivity index (χ0v) is 15.5. The smallest absolute Gasteiger partial charge is 0.258 e. The largest absolute Gasteiger partial charge is 0.494 e. The van der Waals surface area contributed by atoms with Gasteiger partial charge in [-0.15, -0.1) is 0 Å². The second kappa shape index (κ2) is 9.05. The van der Waals surface area contributed by atoms with Crippen LogP contribution in [0.5, 0.6) is 11.5 Å². The predicted molar refractivity (Wildman–Crippen MR) is 95.3 cm³/mol. The number of nitrogens with one attached hydrogen (secondary N) is 1. The fraction of sp³-hybridized carbons (Fsp3) is 0.588. The van der Waals surface area contributed by atoms with Crippen LogP contribution >= 0.6 is 0 Å². The lowest BCUT2D eigenvalue weighted by Gasteiger charge is -2.31. The summed E-state index contributed by atoms with van der Waals surface area (Å²) in [5.41, 5.74) is 0. The molecule has 1 amide bonds. The molecule has 7 nitrogen and oxygen atoms in total. The Morgan fingerprint density at radius 2 is 1.68 bits per heavy atom. The molecule has 8 heteroatoms. The van der Waals surface area contributed by atoms with Crippen molar-refractivity contribution in [3.8, 4) is 11.5 Å². The van der Waals surface area contributed by atoms with E-state index in [0.717, 1.165) is 5.75 Å². The quantitative estimate of drug-likeness (QED) is 0.748. The molecular formula is C17H26N2O5S. The molecule has 1 aliphatic heterocycles. The minimum absolute atomic E-state index is 0.0141. The van der Waals surface area contributed by atoms with E-state index in [2.05, 4.69) is 5.32 Å². The van der Waals surface area contributed by atoms with E-state index in [-0.39, 0.29) is 24.3 Å². The number of piperidine rings is 1. The van der Waals surface area contributed by atoms with Crippen LogP contribution < -0.4 is 14.8 Å². The molecule has 0 atom stereocenters. The molecule has 1 aromatic carbocycles. The van der Waals surface area contributed by atoms with E-state index in [1.807, 2.05) is 6.92 Å². The number of rotatable bonds is 8. The maximum atomic E-state index is 12.0. The molecule has 2 rings (SSSR count). The van der Waals surface area contributed by atoms with Gasteiger partial charge in [0.2, 0.25) is 10.0 Å². The molecule has 0 unspecified atom stereocenters. The average Bonchev–Trinajstić information content (AvgIpc) is 2.62. The molecule has 1 aromatic rings. The van der Waals surface area contributed by atoms with Crippen molar-refractivity contribution < 1.29 is 22.7 Å². The van der Waals surface area contributed by atoms with Crippen molar-refractivity contribution >= 4 is 15.9 Å². The van der Waals surface area contributed by atoms with Crippen LogP contribution in [-0.4, -0.2) is 56.7 Å². The number of benzene rings is 1. The first-order valence-corrected chi connectivity index (χ1v) is 10.2. The Hall–Kier alpha value is -1.80. The Morgan fingerprint density at radius 3 is 2.20 bits per heavy atom. The van der Waals surface area contributed by atoms with Gasteiger partial charge in [0.05, 0.1) is 12.4 Å². The summed E-state index contributed by atoms with van der Waals surface area (Å²) in [7, 11) is -3.14. The van der Waals surface area contributed by atoms with Crippen molar-refractivity contribution in [1.29, 1.82) is 0 Å².